The van der Waals surface area contributed by atoms with Crippen molar-refractivity contribution < 1.29 is 23.1 Å². The Morgan fingerprint density at radius 1 is 1.04 bits per heavy atom. The summed E-state index contributed by atoms with van der Waals surface area (Å²) < 4.78 is 37.9. The van der Waals surface area contributed by atoms with Crippen molar-refractivity contribution in [1.82, 2.24) is 0 Å². The van der Waals surface area contributed by atoms with Crippen molar-refractivity contribution in [3.8, 4) is 16.2 Å². The van der Waals surface area contributed by atoms with Crippen LogP contribution < -0.4 is 0 Å². The molecule has 0 unspecified atom stereocenters. The van der Waals surface area contributed by atoms with E-state index in [0.717, 1.165) is 28.1 Å². The molecule has 0 aliphatic rings. The molecule has 0 fully saturated rings. The number of thiophene rings is 1. The molecule has 0 aliphatic carbocycles. The lowest BCUT2D eigenvalue weighted by atomic mass is 10.0. The summed E-state index contributed by atoms with van der Waals surface area (Å²) in [5.74, 6) is 0.216. The van der Waals surface area contributed by atoms with Crippen LogP contribution in [0.3, 0.4) is 0 Å². The lowest BCUT2D eigenvalue weighted by molar-refractivity contribution is -0.137. The van der Waals surface area contributed by atoms with Gasteiger partial charge in [0.1, 0.15) is 5.75 Å². The first-order chi connectivity index (χ1) is 12.7. The summed E-state index contributed by atoms with van der Waals surface area (Å²) in [6, 6.07) is 13.6. The number of hydrogen-bond acceptors (Lipinski definition) is 3. The number of rotatable bonds is 5. The number of benzene rings is 2. The maximum absolute atomic E-state index is 12.6. The summed E-state index contributed by atoms with van der Waals surface area (Å²) in [6.45, 7) is 1.80. The third kappa shape index (κ3) is 4.57. The molecule has 0 aliphatic heterocycles. The zero-order valence-electron chi connectivity index (χ0n) is 14.5. The molecule has 27 heavy (non-hydrogen) atoms. The molecule has 3 aromatic rings. The topological polar surface area (TPSA) is 37.3 Å². The first-order valence-electron chi connectivity index (χ1n) is 8.33. The van der Waals surface area contributed by atoms with Gasteiger partial charge in [0.25, 0.3) is 0 Å². The number of Topliss-reactive ketones (excluding diaryl/α,β-unsaturated/α-hetero) is 1. The van der Waals surface area contributed by atoms with E-state index in [1.54, 1.807) is 31.2 Å². The second-order valence-electron chi connectivity index (χ2n) is 6.28. The van der Waals surface area contributed by atoms with Crippen LogP contribution in [0.15, 0.2) is 54.6 Å². The van der Waals surface area contributed by atoms with Crippen molar-refractivity contribution in [1.29, 1.82) is 0 Å². The smallest absolute Gasteiger partial charge is 0.416 e. The summed E-state index contributed by atoms with van der Waals surface area (Å²) in [5.41, 5.74) is 1.70. The molecule has 0 spiro atoms. The van der Waals surface area contributed by atoms with Gasteiger partial charge in [-0.1, -0.05) is 24.3 Å². The van der Waals surface area contributed by atoms with Crippen molar-refractivity contribution in [3.63, 3.8) is 0 Å². The van der Waals surface area contributed by atoms with E-state index in [1.165, 1.54) is 23.5 Å². The lowest BCUT2D eigenvalue weighted by Crippen LogP contribution is -2.03. The first kappa shape index (κ1) is 19.2. The maximum Gasteiger partial charge on any atom is 0.416 e. The normalized spacial score (nSPS) is 11.6. The molecule has 0 saturated carbocycles. The standard InChI is InChI=1S/C21H17F3O2S/c1-13-12-14(2-8-17(13)25)3-9-18(26)20-11-10-19(27-20)15-4-6-16(7-5-15)21(22,23)24/h2,4-8,10-12,25H,3,9H2,1H3. The molecular weight excluding hydrogens is 373 g/mol. The van der Waals surface area contributed by atoms with E-state index in [2.05, 4.69) is 0 Å². The maximum atomic E-state index is 12.6. The van der Waals surface area contributed by atoms with Gasteiger partial charge in [-0.25, -0.2) is 0 Å². The van der Waals surface area contributed by atoms with Crippen LogP contribution in [-0.4, -0.2) is 10.9 Å². The quantitative estimate of drug-likeness (QED) is 0.522. The number of aromatic hydroxyl groups is 1. The summed E-state index contributed by atoms with van der Waals surface area (Å²) in [5, 5.41) is 9.54. The van der Waals surface area contributed by atoms with Crippen LogP contribution in [0.4, 0.5) is 13.2 Å². The van der Waals surface area contributed by atoms with Crippen LogP contribution in [-0.2, 0) is 12.6 Å². The Kier molecular flexibility index (Phi) is 5.37. The molecule has 0 atom stereocenters. The van der Waals surface area contributed by atoms with Crippen molar-refractivity contribution in [2.45, 2.75) is 25.9 Å². The summed E-state index contributed by atoms with van der Waals surface area (Å²) >= 11 is 1.28. The number of phenolic OH excluding ortho intramolecular Hbond substituents is 1. The fourth-order valence-corrected chi connectivity index (χ4v) is 3.70. The number of carbonyl (C=O) groups excluding carboxylic acids is 1. The fourth-order valence-electron chi connectivity index (χ4n) is 2.72. The third-order valence-corrected chi connectivity index (χ3v) is 5.45. The van der Waals surface area contributed by atoms with E-state index < -0.39 is 11.7 Å². The second-order valence-corrected chi connectivity index (χ2v) is 7.37. The molecule has 6 heteroatoms. The lowest BCUT2D eigenvalue weighted by Gasteiger charge is -2.06. The van der Waals surface area contributed by atoms with Crippen molar-refractivity contribution in [3.05, 3.63) is 76.2 Å². The Morgan fingerprint density at radius 2 is 1.74 bits per heavy atom. The van der Waals surface area contributed by atoms with Gasteiger partial charge in [0.05, 0.1) is 10.4 Å². The molecule has 0 amide bonds. The highest BCUT2D eigenvalue weighted by Gasteiger charge is 2.30. The zero-order valence-corrected chi connectivity index (χ0v) is 15.3. The number of ketones is 1. The predicted molar refractivity (Wildman–Crippen MR) is 100 cm³/mol. The van der Waals surface area contributed by atoms with E-state index in [0.29, 0.717) is 23.3 Å². The molecule has 1 aromatic heterocycles. The fraction of sp³-hybridized carbons (Fsp3) is 0.190. The number of aryl methyl sites for hydroxylation is 2. The van der Waals surface area contributed by atoms with Gasteiger partial charge in [0, 0.05) is 11.3 Å². The van der Waals surface area contributed by atoms with Crippen molar-refractivity contribution in [2.75, 3.05) is 0 Å². The van der Waals surface area contributed by atoms with E-state index >= 15 is 0 Å². The van der Waals surface area contributed by atoms with Crippen LogP contribution in [0, 0.1) is 6.92 Å². The van der Waals surface area contributed by atoms with Crippen molar-refractivity contribution in [2.24, 2.45) is 0 Å². The Labute approximate surface area is 158 Å². The molecule has 1 heterocycles. The minimum atomic E-state index is -4.36. The van der Waals surface area contributed by atoms with E-state index in [4.69, 9.17) is 0 Å². The Morgan fingerprint density at radius 3 is 2.37 bits per heavy atom. The summed E-state index contributed by atoms with van der Waals surface area (Å²) in [4.78, 5) is 13.8. The average Bonchev–Trinajstić information content (AvgIpc) is 3.12. The number of alkyl halides is 3. The Bertz CT molecular complexity index is 956. The number of phenols is 1. The summed E-state index contributed by atoms with van der Waals surface area (Å²) in [6.07, 6.45) is -3.47. The minimum Gasteiger partial charge on any atom is -0.508 e. The largest absolute Gasteiger partial charge is 0.508 e. The highest BCUT2D eigenvalue weighted by Crippen LogP contribution is 2.33. The monoisotopic (exact) mass is 390 g/mol. The van der Waals surface area contributed by atoms with Crippen LogP contribution in [0.25, 0.3) is 10.4 Å². The second kappa shape index (κ2) is 7.56. The molecule has 3 rings (SSSR count). The Hall–Kier alpha value is -2.60. The molecule has 1 N–H and O–H groups in total. The van der Waals surface area contributed by atoms with Crippen molar-refractivity contribution >= 4 is 17.1 Å². The molecule has 0 bridgehead atoms. The first-order valence-corrected chi connectivity index (χ1v) is 9.15. The number of carbonyl (C=O) groups is 1. The SMILES string of the molecule is Cc1cc(CCC(=O)c2ccc(-c3ccc(C(F)(F)F)cc3)s2)ccc1O. The molecule has 2 nitrogen and oxygen atoms in total. The van der Waals surface area contributed by atoms with E-state index in [1.807, 2.05) is 6.07 Å². The minimum absolute atomic E-state index is 0.0103. The molecule has 0 saturated heterocycles. The molecule has 0 radical (unpaired) electrons. The van der Waals surface area contributed by atoms with Gasteiger partial charge in [-0.2, -0.15) is 13.2 Å². The molecule has 2 aromatic carbocycles. The van der Waals surface area contributed by atoms with Gasteiger partial charge in [-0.3, -0.25) is 4.79 Å². The number of halogens is 3. The van der Waals surface area contributed by atoms with Gasteiger partial charge in [0.2, 0.25) is 0 Å². The number of hydrogen-bond donors (Lipinski definition) is 1. The van der Waals surface area contributed by atoms with Gasteiger partial charge < -0.3 is 5.11 Å². The highest BCUT2D eigenvalue weighted by atomic mass is 32.1. The van der Waals surface area contributed by atoms with Gasteiger partial charge in [-0.15, -0.1) is 11.3 Å². The van der Waals surface area contributed by atoms with Crippen LogP contribution >= 0.6 is 11.3 Å². The van der Waals surface area contributed by atoms with Crippen LogP contribution in [0.1, 0.15) is 32.8 Å². The predicted octanol–water partition coefficient (Wildman–Crippen LogP) is 6.26. The van der Waals surface area contributed by atoms with E-state index in [-0.39, 0.29) is 11.5 Å². The molecule has 140 valence electrons. The van der Waals surface area contributed by atoms with Gasteiger partial charge in [-0.05, 0) is 60.4 Å². The van der Waals surface area contributed by atoms with E-state index in [9.17, 15) is 23.1 Å². The third-order valence-electron chi connectivity index (χ3n) is 4.28. The average molecular weight is 390 g/mol. The van der Waals surface area contributed by atoms with Gasteiger partial charge in [0.15, 0.2) is 5.78 Å². The van der Waals surface area contributed by atoms with Gasteiger partial charge >= 0.3 is 6.18 Å². The Balaban J connectivity index is 1.67. The van der Waals surface area contributed by atoms with Crippen LogP contribution in [0.2, 0.25) is 0 Å². The highest BCUT2D eigenvalue weighted by molar-refractivity contribution is 7.17. The zero-order chi connectivity index (χ0) is 19.6. The van der Waals surface area contributed by atoms with Crippen LogP contribution in [0.5, 0.6) is 5.75 Å². The molecular formula is C21H17F3O2S. The summed E-state index contributed by atoms with van der Waals surface area (Å²) in [7, 11) is 0.